The molecule has 27 heavy (non-hydrogen) atoms. The third-order valence-electron chi connectivity index (χ3n) is 5.66. The van der Waals surface area contributed by atoms with Crippen LogP contribution in [-0.4, -0.2) is 34.4 Å². The number of unbranched alkanes of at least 4 members (excludes halogenated alkanes) is 2. The first-order chi connectivity index (χ1) is 13.0. The van der Waals surface area contributed by atoms with E-state index in [9.17, 15) is 0 Å². The van der Waals surface area contributed by atoms with Crippen molar-refractivity contribution in [2.75, 3.05) is 31.2 Å². The number of rotatable bonds is 8. The Hall–Kier alpha value is -0.843. The number of fused-ring (bicyclic) bond motifs is 1. The summed E-state index contributed by atoms with van der Waals surface area (Å²) in [6.45, 7) is 15.9. The number of benzene rings is 1. The summed E-state index contributed by atoms with van der Waals surface area (Å²) >= 11 is 2.12. The van der Waals surface area contributed by atoms with Crippen LogP contribution in [0, 0.1) is 0 Å². The smallest absolute Gasteiger partial charge is 0.0822 e. The van der Waals surface area contributed by atoms with E-state index in [0.29, 0.717) is 0 Å². The van der Waals surface area contributed by atoms with Crippen LogP contribution in [-0.2, 0) is 17.6 Å². The fraction of sp³-hybridized carbons (Fsp3) is 0.652. The quantitative estimate of drug-likeness (QED) is 0.504. The van der Waals surface area contributed by atoms with Gasteiger partial charge in [-0.15, -0.1) is 11.3 Å². The van der Waals surface area contributed by atoms with Crippen LogP contribution in [0.4, 0.5) is 5.69 Å². The molecule has 1 aliphatic rings. The second-order valence-electron chi connectivity index (χ2n) is 8.90. The van der Waals surface area contributed by atoms with E-state index in [-0.39, 0.29) is 0 Å². The molecule has 1 fully saturated rings. The SMILES string of the molecule is CCCCc1sc2c([Si](C)(C)C)c(N3CCOCC3)ccc2c1CCCC. The Morgan fingerprint density at radius 2 is 1.67 bits per heavy atom. The van der Waals surface area contributed by atoms with Crippen LogP contribution in [0.25, 0.3) is 10.1 Å². The largest absolute Gasteiger partial charge is 0.378 e. The Balaban J connectivity index is 2.15. The minimum Gasteiger partial charge on any atom is -0.378 e. The third-order valence-corrected chi connectivity index (χ3v) is 9.17. The minimum absolute atomic E-state index is 0.858. The van der Waals surface area contributed by atoms with E-state index >= 15 is 0 Å². The van der Waals surface area contributed by atoms with Gasteiger partial charge in [0.2, 0.25) is 0 Å². The first-order valence-corrected chi connectivity index (χ1v) is 15.2. The standard InChI is InChI=1S/C23H37NOSSi/c1-6-8-10-18-19-12-13-20(24-14-16-25-17-15-24)23(27(3,4)5)22(19)26-21(18)11-9-7-2/h12-13H,6-11,14-17H2,1-5H3. The highest BCUT2D eigenvalue weighted by atomic mass is 32.1. The van der Waals surface area contributed by atoms with Crippen LogP contribution in [0.1, 0.15) is 50.0 Å². The lowest BCUT2D eigenvalue weighted by Crippen LogP contribution is -2.45. The second kappa shape index (κ2) is 9.10. The van der Waals surface area contributed by atoms with Gasteiger partial charge < -0.3 is 9.64 Å². The average Bonchev–Trinajstić information content (AvgIpc) is 3.00. The molecule has 0 unspecified atom stereocenters. The van der Waals surface area contributed by atoms with Crippen LogP contribution in [0.15, 0.2) is 12.1 Å². The van der Waals surface area contributed by atoms with Crippen molar-refractivity contribution in [1.82, 2.24) is 0 Å². The van der Waals surface area contributed by atoms with Gasteiger partial charge in [-0.1, -0.05) is 52.4 Å². The van der Waals surface area contributed by atoms with Crippen molar-refractivity contribution < 1.29 is 4.74 Å². The average molecular weight is 404 g/mol. The number of hydrogen-bond acceptors (Lipinski definition) is 3. The molecule has 0 atom stereocenters. The predicted molar refractivity (Wildman–Crippen MR) is 125 cm³/mol. The van der Waals surface area contributed by atoms with Crippen molar-refractivity contribution in [3.8, 4) is 0 Å². The summed E-state index contributed by atoms with van der Waals surface area (Å²) < 4.78 is 7.23. The van der Waals surface area contributed by atoms with Gasteiger partial charge in [0.15, 0.2) is 0 Å². The highest BCUT2D eigenvalue weighted by molar-refractivity contribution is 7.21. The molecule has 0 aliphatic carbocycles. The molecule has 0 bridgehead atoms. The maximum absolute atomic E-state index is 5.62. The van der Waals surface area contributed by atoms with Crippen molar-refractivity contribution in [2.24, 2.45) is 0 Å². The van der Waals surface area contributed by atoms with Crippen LogP contribution < -0.4 is 10.1 Å². The summed E-state index contributed by atoms with van der Waals surface area (Å²) in [5.74, 6) is 0. The van der Waals surface area contributed by atoms with Crippen molar-refractivity contribution >= 4 is 40.4 Å². The molecule has 4 heteroatoms. The van der Waals surface area contributed by atoms with E-state index in [4.69, 9.17) is 4.74 Å². The third kappa shape index (κ3) is 4.60. The molecule has 0 N–H and O–H groups in total. The van der Waals surface area contributed by atoms with Crippen LogP contribution in [0.3, 0.4) is 0 Å². The molecule has 0 spiro atoms. The first-order valence-electron chi connectivity index (χ1n) is 10.9. The van der Waals surface area contributed by atoms with Crippen LogP contribution >= 0.6 is 11.3 Å². The van der Waals surface area contributed by atoms with Gasteiger partial charge in [0, 0.05) is 28.4 Å². The second-order valence-corrected chi connectivity index (χ2v) is 15.0. The molecule has 2 aromatic rings. The zero-order valence-electron chi connectivity index (χ0n) is 18.0. The summed E-state index contributed by atoms with van der Waals surface area (Å²) in [5, 5.41) is 3.25. The van der Waals surface area contributed by atoms with E-state index in [1.165, 1.54) is 44.2 Å². The van der Waals surface area contributed by atoms with Crippen molar-refractivity contribution in [1.29, 1.82) is 0 Å². The Morgan fingerprint density at radius 3 is 2.30 bits per heavy atom. The summed E-state index contributed by atoms with van der Waals surface area (Å²) in [4.78, 5) is 4.24. The fourth-order valence-corrected chi connectivity index (χ4v) is 8.44. The lowest BCUT2D eigenvalue weighted by Gasteiger charge is -2.34. The molecule has 1 aliphatic heterocycles. The minimum atomic E-state index is -1.47. The number of nitrogens with zero attached hydrogens (tertiary/aromatic N) is 1. The number of morpholine rings is 1. The maximum Gasteiger partial charge on any atom is 0.0822 e. The molecule has 1 aromatic carbocycles. The monoisotopic (exact) mass is 403 g/mol. The summed E-state index contributed by atoms with van der Waals surface area (Å²) in [6, 6.07) is 4.88. The summed E-state index contributed by atoms with van der Waals surface area (Å²) in [6.07, 6.45) is 7.67. The Labute approximate surface area is 170 Å². The van der Waals surface area contributed by atoms with E-state index in [0.717, 1.165) is 26.3 Å². The van der Waals surface area contributed by atoms with E-state index < -0.39 is 8.07 Å². The highest BCUT2D eigenvalue weighted by Crippen LogP contribution is 2.36. The van der Waals surface area contributed by atoms with Crippen molar-refractivity contribution in [2.45, 2.75) is 72.0 Å². The molecule has 1 saturated heterocycles. The van der Waals surface area contributed by atoms with Gasteiger partial charge in [0.05, 0.1) is 21.3 Å². The molecule has 3 rings (SSSR count). The zero-order chi connectivity index (χ0) is 19.4. The number of hydrogen-bond donors (Lipinski definition) is 0. The molecule has 1 aromatic heterocycles. The van der Waals surface area contributed by atoms with E-state index in [1.807, 2.05) is 0 Å². The first kappa shape index (κ1) is 20.9. The topological polar surface area (TPSA) is 12.5 Å². The number of anilines is 1. The van der Waals surface area contributed by atoms with Gasteiger partial charge in [-0.05, 0) is 47.9 Å². The van der Waals surface area contributed by atoms with Gasteiger partial charge in [0.25, 0.3) is 0 Å². The van der Waals surface area contributed by atoms with Crippen LogP contribution in [0.2, 0.25) is 19.6 Å². The fourth-order valence-electron chi connectivity index (χ4n) is 4.21. The number of ether oxygens (including phenoxy) is 1. The molecular formula is C23H37NOSSi. The Bertz CT molecular complexity index is 756. The molecule has 0 radical (unpaired) electrons. The molecule has 0 amide bonds. The Kier molecular flexibility index (Phi) is 7.04. The normalized spacial score (nSPS) is 15.7. The van der Waals surface area contributed by atoms with Gasteiger partial charge in [-0.2, -0.15) is 0 Å². The summed E-state index contributed by atoms with van der Waals surface area (Å²) in [7, 11) is -1.47. The maximum atomic E-state index is 5.62. The highest BCUT2D eigenvalue weighted by Gasteiger charge is 2.28. The van der Waals surface area contributed by atoms with Crippen molar-refractivity contribution in [3.63, 3.8) is 0 Å². The molecular weight excluding hydrogens is 366 g/mol. The number of thiophene rings is 1. The molecule has 150 valence electrons. The van der Waals surface area contributed by atoms with Gasteiger partial charge in [0.1, 0.15) is 0 Å². The lowest BCUT2D eigenvalue weighted by molar-refractivity contribution is 0.123. The lowest BCUT2D eigenvalue weighted by atomic mass is 10.0. The van der Waals surface area contributed by atoms with Crippen LogP contribution in [0.5, 0.6) is 0 Å². The van der Waals surface area contributed by atoms with Gasteiger partial charge in [-0.25, -0.2) is 0 Å². The number of aryl methyl sites for hydroxylation is 2. The van der Waals surface area contributed by atoms with Gasteiger partial charge >= 0.3 is 0 Å². The Morgan fingerprint density at radius 1 is 1.00 bits per heavy atom. The van der Waals surface area contributed by atoms with E-state index in [2.05, 4.69) is 61.9 Å². The van der Waals surface area contributed by atoms with Gasteiger partial charge in [-0.3, -0.25) is 0 Å². The van der Waals surface area contributed by atoms with E-state index in [1.54, 1.807) is 25.7 Å². The summed E-state index contributed by atoms with van der Waals surface area (Å²) in [5.41, 5.74) is 3.16. The zero-order valence-corrected chi connectivity index (χ0v) is 19.8. The predicted octanol–water partition coefficient (Wildman–Crippen LogP) is 5.97. The van der Waals surface area contributed by atoms with Crippen molar-refractivity contribution in [3.05, 3.63) is 22.6 Å². The molecule has 2 heterocycles. The molecule has 2 nitrogen and oxygen atoms in total. The molecule has 0 saturated carbocycles.